The van der Waals surface area contributed by atoms with E-state index >= 15 is 0 Å². The molecule has 6 nitrogen and oxygen atoms in total. The first-order valence-corrected chi connectivity index (χ1v) is 7.51. The smallest absolute Gasteiger partial charge is 0.251 e. The summed E-state index contributed by atoms with van der Waals surface area (Å²) in [5.74, 6) is 1.11. The molecular weight excluding hydrogens is 308 g/mol. The molecule has 0 heterocycles. The van der Waals surface area contributed by atoms with E-state index in [2.05, 4.69) is 10.6 Å². The molecule has 2 aromatic rings. The van der Waals surface area contributed by atoms with Gasteiger partial charge in [0.25, 0.3) is 5.91 Å². The van der Waals surface area contributed by atoms with Crippen molar-refractivity contribution >= 4 is 17.5 Å². The first-order valence-electron chi connectivity index (χ1n) is 7.51. The SMILES string of the molecule is CNC(=O)c1ccc(NC(=O)CCOc2ccc(OC)cc2)cc1. The van der Waals surface area contributed by atoms with Crippen LogP contribution in [0.1, 0.15) is 16.8 Å². The van der Waals surface area contributed by atoms with Crippen molar-refractivity contribution in [3.05, 3.63) is 54.1 Å². The van der Waals surface area contributed by atoms with Crippen LogP contribution in [0.3, 0.4) is 0 Å². The molecule has 0 saturated carbocycles. The summed E-state index contributed by atoms with van der Waals surface area (Å²) in [4.78, 5) is 23.3. The Morgan fingerprint density at radius 3 is 2.17 bits per heavy atom. The molecule has 2 aromatic carbocycles. The van der Waals surface area contributed by atoms with Gasteiger partial charge >= 0.3 is 0 Å². The highest BCUT2D eigenvalue weighted by Crippen LogP contribution is 2.17. The number of rotatable bonds is 7. The van der Waals surface area contributed by atoms with Crippen LogP contribution in [0.2, 0.25) is 0 Å². The Bertz CT molecular complexity index is 681. The van der Waals surface area contributed by atoms with Gasteiger partial charge in [-0.2, -0.15) is 0 Å². The zero-order valence-corrected chi connectivity index (χ0v) is 13.7. The molecule has 0 radical (unpaired) electrons. The fourth-order valence-electron chi connectivity index (χ4n) is 2.01. The first kappa shape index (κ1) is 17.3. The van der Waals surface area contributed by atoms with Gasteiger partial charge in [-0.3, -0.25) is 9.59 Å². The minimum absolute atomic E-state index is 0.156. The lowest BCUT2D eigenvalue weighted by molar-refractivity contribution is -0.116. The van der Waals surface area contributed by atoms with Crippen molar-refractivity contribution in [3.8, 4) is 11.5 Å². The summed E-state index contributed by atoms with van der Waals surface area (Å²) in [6, 6.07) is 13.8. The number of carbonyl (C=O) groups is 2. The van der Waals surface area contributed by atoms with Gasteiger partial charge in [-0.1, -0.05) is 0 Å². The van der Waals surface area contributed by atoms with Crippen molar-refractivity contribution in [1.82, 2.24) is 5.32 Å². The van der Waals surface area contributed by atoms with E-state index in [0.29, 0.717) is 17.0 Å². The fourth-order valence-corrected chi connectivity index (χ4v) is 2.01. The Morgan fingerprint density at radius 1 is 0.958 bits per heavy atom. The second-order valence-electron chi connectivity index (χ2n) is 4.98. The molecule has 0 saturated heterocycles. The van der Waals surface area contributed by atoms with E-state index in [4.69, 9.17) is 9.47 Å². The molecule has 6 heteroatoms. The largest absolute Gasteiger partial charge is 0.497 e. The molecule has 2 rings (SSSR count). The Kier molecular flexibility index (Phi) is 6.19. The summed E-state index contributed by atoms with van der Waals surface area (Å²) in [6.07, 6.45) is 0.225. The summed E-state index contributed by atoms with van der Waals surface area (Å²) >= 11 is 0. The van der Waals surface area contributed by atoms with Crippen LogP contribution in [0, 0.1) is 0 Å². The molecule has 0 spiro atoms. The normalized spacial score (nSPS) is 9.92. The standard InChI is InChI=1S/C18H20N2O4/c1-19-18(22)13-3-5-14(6-4-13)20-17(21)11-12-24-16-9-7-15(23-2)8-10-16/h3-10H,11-12H2,1-2H3,(H,19,22)(H,20,21). The molecule has 0 aliphatic rings. The van der Waals surface area contributed by atoms with Gasteiger partial charge in [-0.25, -0.2) is 0 Å². The number of nitrogens with one attached hydrogen (secondary N) is 2. The lowest BCUT2D eigenvalue weighted by atomic mass is 10.2. The van der Waals surface area contributed by atoms with Crippen LogP contribution < -0.4 is 20.1 Å². The highest BCUT2D eigenvalue weighted by Gasteiger charge is 2.06. The number of hydrogen-bond acceptors (Lipinski definition) is 4. The van der Waals surface area contributed by atoms with Gasteiger partial charge in [0.2, 0.25) is 5.91 Å². The van der Waals surface area contributed by atoms with Crippen molar-refractivity contribution in [2.75, 3.05) is 26.1 Å². The monoisotopic (exact) mass is 328 g/mol. The van der Waals surface area contributed by atoms with Crippen LogP contribution in [0.15, 0.2) is 48.5 Å². The molecular formula is C18H20N2O4. The van der Waals surface area contributed by atoms with Crippen LogP contribution in [0.4, 0.5) is 5.69 Å². The summed E-state index contributed by atoms with van der Waals surface area (Å²) in [5, 5.41) is 5.30. The molecule has 2 N–H and O–H groups in total. The van der Waals surface area contributed by atoms with Crippen molar-refractivity contribution in [1.29, 1.82) is 0 Å². The van der Waals surface area contributed by atoms with Crippen LogP contribution in [0.25, 0.3) is 0 Å². The first-order chi connectivity index (χ1) is 11.6. The zero-order chi connectivity index (χ0) is 17.4. The third-order valence-corrected chi connectivity index (χ3v) is 3.32. The van der Waals surface area contributed by atoms with E-state index in [9.17, 15) is 9.59 Å². The molecule has 126 valence electrons. The summed E-state index contributed by atoms with van der Waals surface area (Å²) in [6.45, 7) is 0.272. The summed E-state index contributed by atoms with van der Waals surface area (Å²) < 4.78 is 10.6. The second kappa shape index (κ2) is 8.57. The van der Waals surface area contributed by atoms with Crippen LogP contribution >= 0.6 is 0 Å². The van der Waals surface area contributed by atoms with Gasteiger partial charge in [0, 0.05) is 18.3 Å². The quantitative estimate of drug-likeness (QED) is 0.818. The number of carbonyl (C=O) groups excluding carboxylic acids is 2. The maximum atomic E-state index is 11.9. The average molecular weight is 328 g/mol. The van der Waals surface area contributed by atoms with Crippen molar-refractivity contribution < 1.29 is 19.1 Å². The third kappa shape index (κ3) is 5.01. The molecule has 0 aliphatic heterocycles. The van der Waals surface area contributed by atoms with E-state index in [1.165, 1.54) is 0 Å². The third-order valence-electron chi connectivity index (χ3n) is 3.32. The highest BCUT2D eigenvalue weighted by atomic mass is 16.5. The highest BCUT2D eigenvalue weighted by molar-refractivity contribution is 5.95. The Balaban J connectivity index is 1.77. The van der Waals surface area contributed by atoms with E-state index < -0.39 is 0 Å². The zero-order valence-electron chi connectivity index (χ0n) is 13.7. The van der Waals surface area contributed by atoms with E-state index in [1.807, 2.05) is 0 Å². The van der Waals surface area contributed by atoms with Crippen LogP contribution in [0.5, 0.6) is 11.5 Å². The number of anilines is 1. The van der Waals surface area contributed by atoms with Gasteiger partial charge in [0.15, 0.2) is 0 Å². The molecule has 0 aliphatic carbocycles. The molecule has 24 heavy (non-hydrogen) atoms. The van der Waals surface area contributed by atoms with Crippen molar-refractivity contribution in [2.45, 2.75) is 6.42 Å². The van der Waals surface area contributed by atoms with Gasteiger partial charge in [-0.05, 0) is 48.5 Å². The minimum atomic E-state index is -0.166. The average Bonchev–Trinajstić information content (AvgIpc) is 2.62. The predicted molar refractivity (Wildman–Crippen MR) is 91.6 cm³/mol. The molecule has 0 bridgehead atoms. The lowest BCUT2D eigenvalue weighted by Gasteiger charge is -2.08. The number of methoxy groups -OCH3 is 1. The molecule has 2 amide bonds. The van der Waals surface area contributed by atoms with Crippen molar-refractivity contribution in [3.63, 3.8) is 0 Å². The Hall–Kier alpha value is -3.02. The fraction of sp³-hybridized carbons (Fsp3) is 0.222. The van der Waals surface area contributed by atoms with Gasteiger partial charge in [0.05, 0.1) is 20.1 Å². The number of amides is 2. The molecule has 0 atom stereocenters. The van der Waals surface area contributed by atoms with Gasteiger partial charge in [-0.15, -0.1) is 0 Å². The Morgan fingerprint density at radius 2 is 1.58 bits per heavy atom. The Labute approximate surface area is 140 Å². The molecule has 0 aromatic heterocycles. The van der Waals surface area contributed by atoms with E-state index in [1.54, 1.807) is 62.7 Å². The summed E-state index contributed by atoms with van der Waals surface area (Å²) in [5.41, 5.74) is 1.18. The van der Waals surface area contributed by atoms with Crippen LogP contribution in [-0.4, -0.2) is 32.6 Å². The predicted octanol–water partition coefficient (Wildman–Crippen LogP) is 2.46. The number of ether oxygens (including phenoxy) is 2. The molecule has 0 unspecified atom stereocenters. The van der Waals surface area contributed by atoms with Crippen molar-refractivity contribution in [2.24, 2.45) is 0 Å². The van der Waals surface area contributed by atoms with E-state index in [0.717, 1.165) is 5.75 Å². The van der Waals surface area contributed by atoms with Gasteiger partial charge < -0.3 is 20.1 Å². The minimum Gasteiger partial charge on any atom is -0.497 e. The number of benzene rings is 2. The van der Waals surface area contributed by atoms with E-state index in [-0.39, 0.29) is 24.8 Å². The second-order valence-corrected chi connectivity index (χ2v) is 4.98. The topological polar surface area (TPSA) is 76.7 Å². The number of hydrogen-bond donors (Lipinski definition) is 2. The maximum Gasteiger partial charge on any atom is 0.251 e. The van der Waals surface area contributed by atoms with Gasteiger partial charge in [0.1, 0.15) is 11.5 Å². The maximum absolute atomic E-state index is 11.9. The summed E-state index contributed by atoms with van der Waals surface area (Å²) in [7, 11) is 3.17. The van der Waals surface area contributed by atoms with Crippen LogP contribution in [-0.2, 0) is 4.79 Å². The molecule has 0 fully saturated rings. The lowest BCUT2D eigenvalue weighted by Crippen LogP contribution is -2.18.